The van der Waals surface area contributed by atoms with Gasteiger partial charge in [0.1, 0.15) is 5.92 Å². The van der Waals surface area contributed by atoms with E-state index >= 15 is 0 Å². The molecule has 2 aromatic carbocycles. The highest BCUT2D eigenvalue weighted by Crippen LogP contribution is 2.24. The van der Waals surface area contributed by atoms with Crippen LogP contribution >= 0.6 is 0 Å². The number of rotatable bonds is 3. The van der Waals surface area contributed by atoms with E-state index in [1.54, 1.807) is 0 Å². The first-order valence-electron chi connectivity index (χ1n) is 7.19. The van der Waals surface area contributed by atoms with Gasteiger partial charge < -0.3 is 9.84 Å². The van der Waals surface area contributed by atoms with Crippen molar-refractivity contribution < 1.29 is 14.6 Å². The molecule has 0 bridgehead atoms. The zero-order valence-electron chi connectivity index (χ0n) is 11.9. The fraction of sp³-hybridized carbons (Fsp3) is 0.278. The summed E-state index contributed by atoms with van der Waals surface area (Å²) in [7, 11) is 0. The van der Waals surface area contributed by atoms with Gasteiger partial charge in [-0.3, -0.25) is 4.79 Å². The predicted octanol–water partition coefficient (Wildman–Crippen LogP) is 3.70. The average molecular weight is 284 g/mol. The molecule has 0 amide bonds. The van der Waals surface area contributed by atoms with Gasteiger partial charge in [0, 0.05) is 13.2 Å². The average Bonchev–Trinajstić information content (AvgIpc) is 3.09. The van der Waals surface area contributed by atoms with Gasteiger partial charge in [0.05, 0.1) is 0 Å². The van der Waals surface area contributed by atoms with Gasteiger partial charge in [-0.1, -0.05) is 60.7 Å². The highest BCUT2D eigenvalue weighted by molar-refractivity contribution is 5.80. The maximum atomic E-state index is 11.3. The molecule has 21 heavy (non-hydrogen) atoms. The Balaban J connectivity index is 0.000000272. The molecule has 0 saturated carbocycles. The molecule has 1 heterocycles. The Kier molecular flexibility index (Phi) is 5.98. The number of hydrogen-bond donors (Lipinski definition) is 1. The molecule has 2 aromatic rings. The standard InChI is InChI=1S/C14H12O2.C4H8O/c15-14(16)13(11-7-3-1-4-8-11)12-9-5-2-6-10-12;1-2-4-5-3-1/h1-10,13H,(H,15,16);1-4H2. The summed E-state index contributed by atoms with van der Waals surface area (Å²) in [5.74, 6) is -1.40. The molecule has 1 N–H and O–H groups in total. The van der Waals surface area contributed by atoms with Crippen molar-refractivity contribution in [1.82, 2.24) is 0 Å². The number of carboxylic acid groups (broad SMARTS) is 1. The zero-order chi connectivity index (χ0) is 14.9. The lowest BCUT2D eigenvalue weighted by Crippen LogP contribution is -2.12. The predicted molar refractivity (Wildman–Crippen MR) is 82.4 cm³/mol. The Morgan fingerprint density at radius 3 is 1.57 bits per heavy atom. The first-order chi connectivity index (χ1) is 10.3. The molecule has 3 rings (SSSR count). The lowest BCUT2D eigenvalue weighted by Gasteiger charge is -2.12. The number of benzene rings is 2. The maximum absolute atomic E-state index is 11.3. The maximum Gasteiger partial charge on any atom is 0.315 e. The highest BCUT2D eigenvalue weighted by Gasteiger charge is 2.21. The molecule has 0 aromatic heterocycles. The minimum absolute atomic E-state index is 0.581. The third-order valence-corrected chi connectivity index (χ3v) is 3.34. The Morgan fingerprint density at radius 1 is 0.857 bits per heavy atom. The molecule has 0 spiro atoms. The molecule has 1 saturated heterocycles. The lowest BCUT2D eigenvalue weighted by atomic mass is 9.92. The minimum Gasteiger partial charge on any atom is -0.481 e. The first kappa shape index (κ1) is 15.3. The van der Waals surface area contributed by atoms with Crippen molar-refractivity contribution in [2.75, 3.05) is 13.2 Å². The van der Waals surface area contributed by atoms with Crippen LogP contribution in [0.25, 0.3) is 0 Å². The van der Waals surface area contributed by atoms with Gasteiger partial charge in [-0.15, -0.1) is 0 Å². The number of aliphatic carboxylic acids is 1. The normalized spacial score (nSPS) is 13.6. The van der Waals surface area contributed by atoms with Crippen LogP contribution in [0.5, 0.6) is 0 Å². The van der Waals surface area contributed by atoms with Gasteiger partial charge in [0.15, 0.2) is 0 Å². The second-order valence-electron chi connectivity index (χ2n) is 4.91. The van der Waals surface area contributed by atoms with Crippen LogP contribution in [0.15, 0.2) is 60.7 Å². The van der Waals surface area contributed by atoms with E-state index in [2.05, 4.69) is 0 Å². The van der Waals surface area contributed by atoms with Crippen molar-refractivity contribution in [2.45, 2.75) is 18.8 Å². The van der Waals surface area contributed by atoms with E-state index in [4.69, 9.17) is 4.74 Å². The highest BCUT2D eigenvalue weighted by atomic mass is 16.5. The quantitative estimate of drug-likeness (QED) is 0.934. The Labute approximate surface area is 125 Å². The minimum atomic E-state index is -0.822. The van der Waals surface area contributed by atoms with Crippen LogP contribution in [0.1, 0.15) is 29.9 Å². The largest absolute Gasteiger partial charge is 0.481 e. The van der Waals surface area contributed by atoms with Crippen LogP contribution in [0, 0.1) is 0 Å². The number of ether oxygens (including phenoxy) is 1. The van der Waals surface area contributed by atoms with Crippen molar-refractivity contribution in [1.29, 1.82) is 0 Å². The zero-order valence-corrected chi connectivity index (χ0v) is 11.9. The van der Waals surface area contributed by atoms with E-state index in [-0.39, 0.29) is 0 Å². The van der Waals surface area contributed by atoms with Gasteiger partial charge in [0.25, 0.3) is 0 Å². The van der Waals surface area contributed by atoms with Crippen LogP contribution in [0.2, 0.25) is 0 Å². The fourth-order valence-corrected chi connectivity index (χ4v) is 2.28. The SMILES string of the molecule is C1CCOC1.O=C(O)C(c1ccccc1)c1ccccc1. The molecule has 3 nitrogen and oxygen atoms in total. The Hall–Kier alpha value is -2.13. The summed E-state index contributed by atoms with van der Waals surface area (Å²) in [5, 5.41) is 9.28. The lowest BCUT2D eigenvalue weighted by molar-refractivity contribution is -0.137. The number of hydrogen-bond acceptors (Lipinski definition) is 2. The van der Waals surface area contributed by atoms with Crippen LogP contribution in [-0.2, 0) is 9.53 Å². The second kappa shape index (κ2) is 8.22. The van der Waals surface area contributed by atoms with E-state index in [0.29, 0.717) is 0 Å². The van der Waals surface area contributed by atoms with E-state index < -0.39 is 11.9 Å². The van der Waals surface area contributed by atoms with E-state index in [9.17, 15) is 9.90 Å². The molecular formula is C18H20O3. The smallest absolute Gasteiger partial charge is 0.315 e. The summed E-state index contributed by atoms with van der Waals surface area (Å²) in [6.07, 6.45) is 2.56. The summed E-state index contributed by atoms with van der Waals surface area (Å²) in [6, 6.07) is 18.5. The summed E-state index contributed by atoms with van der Waals surface area (Å²) in [6.45, 7) is 2.00. The molecule has 0 aliphatic carbocycles. The van der Waals surface area contributed by atoms with Gasteiger partial charge in [-0.2, -0.15) is 0 Å². The van der Waals surface area contributed by atoms with Gasteiger partial charge >= 0.3 is 5.97 Å². The van der Waals surface area contributed by atoms with Gasteiger partial charge in [0.2, 0.25) is 0 Å². The third-order valence-electron chi connectivity index (χ3n) is 3.34. The fourth-order valence-electron chi connectivity index (χ4n) is 2.28. The summed E-state index contributed by atoms with van der Waals surface area (Å²) < 4.78 is 4.94. The van der Waals surface area contributed by atoms with Gasteiger partial charge in [-0.25, -0.2) is 0 Å². The monoisotopic (exact) mass is 284 g/mol. The van der Waals surface area contributed by atoms with Crippen molar-refractivity contribution in [3.8, 4) is 0 Å². The first-order valence-corrected chi connectivity index (χ1v) is 7.19. The molecule has 0 atom stereocenters. The molecule has 110 valence electrons. The topological polar surface area (TPSA) is 46.5 Å². The third kappa shape index (κ3) is 4.72. The van der Waals surface area contributed by atoms with Gasteiger partial charge in [-0.05, 0) is 24.0 Å². The molecule has 0 radical (unpaired) electrons. The summed E-state index contributed by atoms with van der Waals surface area (Å²) >= 11 is 0. The van der Waals surface area contributed by atoms with Crippen LogP contribution < -0.4 is 0 Å². The van der Waals surface area contributed by atoms with E-state index in [0.717, 1.165) is 24.3 Å². The van der Waals surface area contributed by atoms with Crippen LogP contribution in [0.4, 0.5) is 0 Å². The van der Waals surface area contributed by atoms with Crippen LogP contribution in [0.3, 0.4) is 0 Å². The van der Waals surface area contributed by atoms with Crippen molar-refractivity contribution in [3.63, 3.8) is 0 Å². The number of carboxylic acids is 1. The van der Waals surface area contributed by atoms with E-state index in [1.807, 2.05) is 60.7 Å². The Morgan fingerprint density at radius 2 is 1.29 bits per heavy atom. The van der Waals surface area contributed by atoms with Crippen LogP contribution in [-0.4, -0.2) is 24.3 Å². The van der Waals surface area contributed by atoms with Crippen molar-refractivity contribution in [2.24, 2.45) is 0 Å². The molecular weight excluding hydrogens is 264 g/mol. The number of carbonyl (C=O) groups is 1. The second-order valence-corrected chi connectivity index (χ2v) is 4.91. The van der Waals surface area contributed by atoms with E-state index in [1.165, 1.54) is 12.8 Å². The molecule has 1 aliphatic rings. The molecule has 1 aliphatic heterocycles. The molecule has 0 unspecified atom stereocenters. The molecule has 1 fully saturated rings. The summed E-state index contributed by atoms with van der Waals surface area (Å²) in [5.41, 5.74) is 1.61. The van der Waals surface area contributed by atoms with Crippen molar-refractivity contribution in [3.05, 3.63) is 71.8 Å². The van der Waals surface area contributed by atoms with Crippen molar-refractivity contribution >= 4 is 5.97 Å². The summed E-state index contributed by atoms with van der Waals surface area (Å²) in [4.78, 5) is 11.3. The molecule has 3 heteroatoms. The Bertz CT molecular complexity index is 486.